The molecule has 2 aromatic heterocycles. The van der Waals surface area contributed by atoms with Crippen molar-refractivity contribution in [2.45, 2.75) is 19.8 Å². The average Bonchev–Trinajstić information content (AvgIpc) is 2.79. The second-order valence-corrected chi connectivity index (χ2v) is 4.91. The summed E-state index contributed by atoms with van der Waals surface area (Å²) in [7, 11) is 0. The summed E-state index contributed by atoms with van der Waals surface area (Å²) >= 11 is 0. The van der Waals surface area contributed by atoms with E-state index in [1.54, 1.807) is 0 Å². The molecule has 1 aliphatic heterocycles. The van der Waals surface area contributed by atoms with Crippen LogP contribution in [-0.2, 0) is 4.74 Å². The van der Waals surface area contributed by atoms with Crippen LogP contribution in [0.15, 0.2) is 18.3 Å². The van der Waals surface area contributed by atoms with Crippen LogP contribution < -0.4 is 5.32 Å². The first-order chi connectivity index (χ1) is 8.81. The van der Waals surface area contributed by atoms with Crippen molar-refractivity contribution in [3.63, 3.8) is 0 Å². The molecule has 5 heteroatoms. The molecule has 1 fully saturated rings. The number of aromatic nitrogens is 3. The fourth-order valence-corrected chi connectivity index (χ4v) is 2.26. The lowest BCUT2D eigenvalue weighted by Gasteiger charge is -2.21. The van der Waals surface area contributed by atoms with Crippen LogP contribution in [0.25, 0.3) is 5.65 Å². The number of hydrogen-bond acceptors (Lipinski definition) is 4. The van der Waals surface area contributed by atoms with Crippen LogP contribution in [0.1, 0.15) is 18.4 Å². The highest BCUT2D eigenvalue weighted by molar-refractivity contribution is 5.44. The van der Waals surface area contributed by atoms with Gasteiger partial charge in [-0.15, -0.1) is 5.10 Å². The molecule has 1 aliphatic rings. The van der Waals surface area contributed by atoms with Crippen LogP contribution in [-0.4, -0.2) is 34.4 Å². The van der Waals surface area contributed by atoms with Crippen molar-refractivity contribution in [3.05, 3.63) is 23.9 Å². The molecule has 2 aromatic rings. The highest BCUT2D eigenvalue weighted by Crippen LogP contribution is 2.14. The van der Waals surface area contributed by atoms with Crippen molar-refractivity contribution in [1.82, 2.24) is 14.6 Å². The van der Waals surface area contributed by atoms with Gasteiger partial charge in [-0.1, -0.05) is 6.07 Å². The van der Waals surface area contributed by atoms with Gasteiger partial charge in [-0.25, -0.2) is 4.52 Å². The van der Waals surface area contributed by atoms with E-state index < -0.39 is 0 Å². The van der Waals surface area contributed by atoms with Gasteiger partial charge in [0.15, 0.2) is 5.65 Å². The van der Waals surface area contributed by atoms with E-state index in [0.29, 0.717) is 11.9 Å². The lowest BCUT2D eigenvalue weighted by atomic mass is 10.0. The van der Waals surface area contributed by atoms with E-state index in [1.165, 1.54) is 12.0 Å². The Morgan fingerprint density at radius 3 is 3.28 bits per heavy atom. The summed E-state index contributed by atoms with van der Waals surface area (Å²) in [5, 5.41) is 7.71. The Bertz CT molecular complexity index is 531. The monoisotopic (exact) mass is 246 g/mol. The van der Waals surface area contributed by atoms with Gasteiger partial charge in [0.1, 0.15) is 0 Å². The Labute approximate surface area is 106 Å². The molecule has 3 heterocycles. The second-order valence-electron chi connectivity index (χ2n) is 4.91. The van der Waals surface area contributed by atoms with Crippen molar-refractivity contribution in [1.29, 1.82) is 0 Å². The predicted octanol–water partition coefficient (Wildman–Crippen LogP) is 1.88. The molecule has 0 spiro atoms. The van der Waals surface area contributed by atoms with Gasteiger partial charge >= 0.3 is 0 Å². The van der Waals surface area contributed by atoms with Gasteiger partial charge in [-0.2, -0.15) is 4.98 Å². The third kappa shape index (κ3) is 2.46. The van der Waals surface area contributed by atoms with Gasteiger partial charge in [0.05, 0.1) is 6.61 Å². The molecule has 0 saturated carbocycles. The molecule has 0 aliphatic carbocycles. The fraction of sp³-hybridized carbons (Fsp3) is 0.538. The summed E-state index contributed by atoms with van der Waals surface area (Å²) in [6.45, 7) is 4.69. The number of aryl methyl sites for hydroxylation is 1. The van der Waals surface area contributed by atoms with Gasteiger partial charge in [0.25, 0.3) is 0 Å². The van der Waals surface area contributed by atoms with Gasteiger partial charge in [-0.05, 0) is 37.3 Å². The van der Waals surface area contributed by atoms with E-state index in [2.05, 4.69) is 15.4 Å². The maximum absolute atomic E-state index is 5.46. The topological polar surface area (TPSA) is 51.5 Å². The molecule has 0 bridgehead atoms. The summed E-state index contributed by atoms with van der Waals surface area (Å²) in [5.74, 6) is 1.28. The molecule has 1 saturated heterocycles. The Kier molecular flexibility index (Phi) is 3.15. The van der Waals surface area contributed by atoms with Crippen LogP contribution in [0.2, 0.25) is 0 Å². The number of rotatable bonds is 3. The normalized spacial score (nSPS) is 20.2. The quantitative estimate of drug-likeness (QED) is 0.898. The van der Waals surface area contributed by atoms with Crippen LogP contribution in [0.3, 0.4) is 0 Å². The van der Waals surface area contributed by atoms with Crippen molar-refractivity contribution in [2.24, 2.45) is 5.92 Å². The maximum Gasteiger partial charge on any atom is 0.243 e. The van der Waals surface area contributed by atoms with Crippen molar-refractivity contribution < 1.29 is 4.74 Å². The zero-order valence-corrected chi connectivity index (χ0v) is 10.6. The Hall–Kier alpha value is -1.62. The summed E-state index contributed by atoms with van der Waals surface area (Å²) < 4.78 is 7.27. The molecule has 5 nitrogen and oxygen atoms in total. The fourth-order valence-electron chi connectivity index (χ4n) is 2.26. The molecular formula is C13H18N4O. The number of nitrogens with zero attached hydrogens (tertiary/aromatic N) is 3. The summed E-state index contributed by atoms with van der Waals surface area (Å²) in [5.41, 5.74) is 2.06. The third-order valence-corrected chi connectivity index (χ3v) is 3.28. The standard InChI is InChI=1S/C13H18N4O/c1-10-4-5-12-15-13(16-17(12)8-10)14-7-11-3-2-6-18-9-11/h4-5,8,11H,2-3,6-7,9H2,1H3,(H,14,16). The molecule has 1 atom stereocenters. The van der Waals surface area contributed by atoms with Gasteiger partial charge in [-0.3, -0.25) is 0 Å². The van der Waals surface area contributed by atoms with E-state index >= 15 is 0 Å². The molecule has 1 unspecified atom stereocenters. The van der Waals surface area contributed by atoms with Crippen LogP contribution in [0.5, 0.6) is 0 Å². The minimum Gasteiger partial charge on any atom is -0.381 e. The third-order valence-electron chi connectivity index (χ3n) is 3.28. The zero-order valence-electron chi connectivity index (χ0n) is 10.6. The van der Waals surface area contributed by atoms with Crippen molar-refractivity contribution in [2.75, 3.05) is 25.1 Å². The first-order valence-electron chi connectivity index (χ1n) is 6.46. The first kappa shape index (κ1) is 11.5. The van der Waals surface area contributed by atoms with Gasteiger partial charge < -0.3 is 10.1 Å². The minimum atomic E-state index is 0.576. The Balaban J connectivity index is 1.67. The molecule has 0 amide bonds. The highest BCUT2D eigenvalue weighted by atomic mass is 16.5. The largest absolute Gasteiger partial charge is 0.381 e. The number of fused-ring (bicyclic) bond motifs is 1. The lowest BCUT2D eigenvalue weighted by Crippen LogP contribution is -2.24. The van der Waals surface area contributed by atoms with Crippen molar-refractivity contribution in [3.8, 4) is 0 Å². The summed E-state index contributed by atoms with van der Waals surface area (Å²) in [6.07, 6.45) is 4.36. The predicted molar refractivity (Wildman–Crippen MR) is 69.8 cm³/mol. The molecule has 18 heavy (non-hydrogen) atoms. The number of ether oxygens (including phenoxy) is 1. The number of hydrogen-bond donors (Lipinski definition) is 1. The molecule has 0 radical (unpaired) electrons. The molecule has 1 N–H and O–H groups in total. The number of nitrogens with one attached hydrogen (secondary N) is 1. The van der Waals surface area contributed by atoms with E-state index in [0.717, 1.165) is 31.8 Å². The van der Waals surface area contributed by atoms with E-state index in [1.807, 2.05) is 29.8 Å². The van der Waals surface area contributed by atoms with Crippen LogP contribution >= 0.6 is 0 Å². The molecule has 96 valence electrons. The first-order valence-corrected chi connectivity index (χ1v) is 6.46. The zero-order chi connectivity index (χ0) is 12.4. The Morgan fingerprint density at radius 1 is 1.50 bits per heavy atom. The van der Waals surface area contributed by atoms with Gasteiger partial charge in [0.2, 0.25) is 5.95 Å². The summed E-state index contributed by atoms with van der Waals surface area (Å²) in [4.78, 5) is 4.44. The minimum absolute atomic E-state index is 0.576. The lowest BCUT2D eigenvalue weighted by molar-refractivity contribution is 0.0594. The average molecular weight is 246 g/mol. The maximum atomic E-state index is 5.46. The highest BCUT2D eigenvalue weighted by Gasteiger charge is 2.14. The number of pyridine rings is 1. The van der Waals surface area contributed by atoms with Crippen LogP contribution in [0, 0.1) is 12.8 Å². The van der Waals surface area contributed by atoms with E-state index in [-0.39, 0.29) is 0 Å². The molecule has 3 rings (SSSR count). The van der Waals surface area contributed by atoms with Crippen molar-refractivity contribution >= 4 is 11.6 Å². The van der Waals surface area contributed by atoms with Crippen LogP contribution in [0.4, 0.5) is 5.95 Å². The second kappa shape index (κ2) is 4.94. The van der Waals surface area contributed by atoms with Gasteiger partial charge in [0, 0.05) is 19.3 Å². The SMILES string of the molecule is Cc1ccc2nc(NCC3CCCOC3)nn2c1. The number of anilines is 1. The Morgan fingerprint density at radius 2 is 2.44 bits per heavy atom. The summed E-state index contributed by atoms with van der Waals surface area (Å²) in [6, 6.07) is 4.03. The van der Waals surface area contributed by atoms with E-state index in [4.69, 9.17) is 4.74 Å². The molecular weight excluding hydrogens is 228 g/mol. The van der Waals surface area contributed by atoms with E-state index in [9.17, 15) is 0 Å². The molecule has 0 aromatic carbocycles. The smallest absolute Gasteiger partial charge is 0.243 e.